The van der Waals surface area contributed by atoms with E-state index < -0.39 is 0 Å². The van der Waals surface area contributed by atoms with Gasteiger partial charge in [0.05, 0.1) is 11.9 Å². The fourth-order valence-electron chi connectivity index (χ4n) is 1.29. The Morgan fingerprint density at radius 2 is 2.00 bits per heavy atom. The minimum Gasteiger partial charge on any atom is -0.432 e. The molecular weight excluding hydrogens is 234 g/mol. The molecule has 92 valence electrons. The average molecular weight is 245 g/mol. The van der Waals surface area contributed by atoms with Crippen molar-refractivity contribution in [1.82, 2.24) is 4.98 Å². The number of nitrogens with zero attached hydrogens (tertiary/aromatic N) is 2. The number of benzene rings is 1. The topological polar surface area (TPSA) is 120 Å². The van der Waals surface area contributed by atoms with Gasteiger partial charge in [-0.3, -0.25) is 10.1 Å². The van der Waals surface area contributed by atoms with Crippen molar-refractivity contribution < 1.29 is 9.21 Å². The van der Waals surface area contributed by atoms with Crippen LogP contribution < -0.4 is 16.8 Å². The molecule has 7 nitrogen and oxygen atoms in total. The third-order valence-corrected chi connectivity index (χ3v) is 2.04. The Kier molecular flexibility index (Phi) is 3.24. The van der Waals surface area contributed by atoms with Gasteiger partial charge in [0.15, 0.2) is 5.96 Å². The number of oxazole rings is 1. The van der Waals surface area contributed by atoms with E-state index in [1.165, 1.54) is 12.5 Å². The van der Waals surface area contributed by atoms with Crippen molar-refractivity contribution in [1.29, 1.82) is 0 Å². The van der Waals surface area contributed by atoms with E-state index in [1.807, 2.05) is 0 Å². The predicted octanol–water partition coefficient (Wildman–Crippen LogP) is 0.832. The van der Waals surface area contributed by atoms with Crippen LogP contribution in [0.2, 0.25) is 0 Å². The van der Waals surface area contributed by atoms with Crippen LogP contribution in [0, 0.1) is 0 Å². The number of amides is 1. The molecule has 0 radical (unpaired) electrons. The molecule has 0 unspecified atom stereocenters. The summed E-state index contributed by atoms with van der Waals surface area (Å²) in [4.78, 5) is 19.4. The number of carbonyl (C=O) groups excluding carboxylic acids is 1. The SMILES string of the molecule is NC(N)=Nc1ccc(C(=O)Nc2ncco2)cc1. The highest BCUT2D eigenvalue weighted by atomic mass is 16.4. The van der Waals surface area contributed by atoms with Crippen LogP contribution in [-0.2, 0) is 0 Å². The quantitative estimate of drug-likeness (QED) is 0.546. The van der Waals surface area contributed by atoms with Crippen LogP contribution >= 0.6 is 0 Å². The molecule has 18 heavy (non-hydrogen) atoms. The molecule has 1 amide bonds. The van der Waals surface area contributed by atoms with Crippen molar-refractivity contribution >= 4 is 23.6 Å². The molecule has 0 bridgehead atoms. The minimum atomic E-state index is -0.325. The first kappa shape index (κ1) is 11.6. The summed E-state index contributed by atoms with van der Waals surface area (Å²) < 4.78 is 4.90. The molecule has 0 aliphatic rings. The number of nitrogens with one attached hydrogen (secondary N) is 1. The second kappa shape index (κ2) is 5.00. The third-order valence-electron chi connectivity index (χ3n) is 2.04. The van der Waals surface area contributed by atoms with Crippen LogP contribution in [0.25, 0.3) is 0 Å². The highest BCUT2D eigenvalue weighted by Gasteiger charge is 2.07. The van der Waals surface area contributed by atoms with E-state index >= 15 is 0 Å². The van der Waals surface area contributed by atoms with Crippen LogP contribution in [0.3, 0.4) is 0 Å². The summed E-state index contributed by atoms with van der Waals surface area (Å²) in [5, 5.41) is 2.50. The van der Waals surface area contributed by atoms with Gasteiger partial charge in [-0.25, -0.2) is 9.98 Å². The summed E-state index contributed by atoms with van der Waals surface area (Å²) in [5.41, 5.74) is 11.5. The van der Waals surface area contributed by atoms with Crippen molar-refractivity contribution in [3.8, 4) is 0 Å². The summed E-state index contributed by atoms with van der Waals surface area (Å²) in [5.74, 6) is -0.360. The molecule has 1 aromatic heterocycles. The van der Waals surface area contributed by atoms with Crippen LogP contribution in [0.1, 0.15) is 10.4 Å². The maximum atomic E-state index is 11.7. The van der Waals surface area contributed by atoms with Gasteiger partial charge >= 0.3 is 6.01 Å². The van der Waals surface area contributed by atoms with Crippen molar-refractivity contribution in [2.24, 2.45) is 16.5 Å². The number of rotatable bonds is 3. The first-order valence-corrected chi connectivity index (χ1v) is 5.06. The van der Waals surface area contributed by atoms with E-state index in [9.17, 15) is 4.79 Å². The molecule has 2 rings (SSSR count). The number of nitrogens with two attached hydrogens (primary N) is 2. The Morgan fingerprint density at radius 3 is 2.56 bits per heavy atom. The lowest BCUT2D eigenvalue weighted by atomic mass is 10.2. The predicted molar refractivity (Wildman–Crippen MR) is 66.4 cm³/mol. The summed E-state index contributed by atoms with van der Waals surface area (Å²) in [7, 11) is 0. The van der Waals surface area contributed by atoms with Crippen LogP contribution in [0.15, 0.2) is 46.1 Å². The van der Waals surface area contributed by atoms with Gasteiger partial charge in [-0.1, -0.05) is 0 Å². The van der Waals surface area contributed by atoms with E-state index in [1.54, 1.807) is 24.3 Å². The van der Waals surface area contributed by atoms with E-state index in [-0.39, 0.29) is 17.9 Å². The van der Waals surface area contributed by atoms with Gasteiger partial charge in [-0.2, -0.15) is 0 Å². The van der Waals surface area contributed by atoms with Gasteiger partial charge in [-0.15, -0.1) is 0 Å². The van der Waals surface area contributed by atoms with Crippen molar-refractivity contribution in [2.75, 3.05) is 5.32 Å². The van der Waals surface area contributed by atoms with Gasteiger partial charge in [-0.05, 0) is 24.3 Å². The molecule has 0 aliphatic carbocycles. The highest BCUT2D eigenvalue weighted by Crippen LogP contribution is 2.13. The summed E-state index contributed by atoms with van der Waals surface area (Å²) in [6.07, 6.45) is 2.81. The minimum absolute atomic E-state index is 0.0352. The normalized spacial score (nSPS) is 9.78. The van der Waals surface area contributed by atoms with Gasteiger partial charge < -0.3 is 15.9 Å². The Morgan fingerprint density at radius 1 is 1.28 bits per heavy atom. The zero-order valence-corrected chi connectivity index (χ0v) is 9.33. The molecule has 0 fully saturated rings. The molecule has 0 saturated heterocycles. The number of guanidine groups is 1. The summed E-state index contributed by atoms with van der Waals surface area (Å²) in [6.45, 7) is 0. The summed E-state index contributed by atoms with van der Waals surface area (Å²) in [6, 6.07) is 6.60. The third kappa shape index (κ3) is 2.85. The molecule has 1 aromatic carbocycles. The maximum Gasteiger partial charge on any atom is 0.301 e. The Bertz CT molecular complexity index is 556. The molecule has 7 heteroatoms. The lowest BCUT2D eigenvalue weighted by Gasteiger charge is -2.01. The van der Waals surface area contributed by atoms with Crippen LogP contribution in [-0.4, -0.2) is 16.9 Å². The number of hydrogen-bond donors (Lipinski definition) is 3. The zero-order valence-electron chi connectivity index (χ0n) is 9.33. The Labute approximate surface area is 103 Å². The van der Waals surface area contributed by atoms with Gasteiger partial charge in [0.1, 0.15) is 6.26 Å². The fraction of sp³-hybridized carbons (Fsp3) is 0. The number of aromatic nitrogens is 1. The fourth-order valence-corrected chi connectivity index (χ4v) is 1.29. The van der Waals surface area contributed by atoms with Crippen LogP contribution in [0.5, 0.6) is 0 Å². The molecule has 2 aromatic rings. The molecule has 0 aliphatic heterocycles. The van der Waals surface area contributed by atoms with E-state index in [4.69, 9.17) is 15.9 Å². The van der Waals surface area contributed by atoms with Crippen molar-refractivity contribution in [3.63, 3.8) is 0 Å². The smallest absolute Gasteiger partial charge is 0.301 e. The molecule has 1 heterocycles. The second-order valence-electron chi connectivity index (χ2n) is 3.37. The van der Waals surface area contributed by atoms with E-state index in [0.29, 0.717) is 11.3 Å². The molecule has 5 N–H and O–H groups in total. The Balaban J connectivity index is 2.10. The number of carbonyl (C=O) groups is 1. The zero-order chi connectivity index (χ0) is 13.0. The lowest BCUT2D eigenvalue weighted by Crippen LogP contribution is -2.21. The average Bonchev–Trinajstić information content (AvgIpc) is 2.82. The number of anilines is 1. The molecule has 0 saturated carbocycles. The van der Waals surface area contributed by atoms with Crippen molar-refractivity contribution in [2.45, 2.75) is 0 Å². The number of hydrogen-bond acceptors (Lipinski definition) is 4. The van der Waals surface area contributed by atoms with Crippen molar-refractivity contribution in [3.05, 3.63) is 42.3 Å². The standard InChI is InChI=1S/C11H11N5O2/c12-10(13)15-8-3-1-7(2-4-8)9(17)16-11-14-5-6-18-11/h1-6H,(H4,12,13,15)(H,14,16,17). The van der Waals surface area contributed by atoms with E-state index in [2.05, 4.69) is 15.3 Å². The lowest BCUT2D eigenvalue weighted by molar-refractivity contribution is 0.102. The highest BCUT2D eigenvalue weighted by molar-refractivity contribution is 6.03. The molecule has 0 atom stereocenters. The van der Waals surface area contributed by atoms with Gasteiger partial charge in [0, 0.05) is 5.56 Å². The van der Waals surface area contributed by atoms with Gasteiger partial charge in [0.25, 0.3) is 5.91 Å². The monoisotopic (exact) mass is 245 g/mol. The first-order chi connectivity index (χ1) is 8.65. The van der Waals surface area contributed by atoms with E-state index in [0.717, 1.165) is 0 Å². The van der Waals surface area contributed by atoms with Crippen LogP contribution in [0.4, 0.5) is 11.7 Å². The Hall–Kier alpha value is -2.83. The molecule has 0 spiro atoms. The largest absolute Gasteiger partial charge is 0.432 e. The van der Waals surface area contributed by atoms with Gasteiger partial charge in [0.2, 0.25) is 0 Å². The first-order valence-electron chi connectivity index (χ1n) is 5.06. The maximum absolute atomic E-state index is 11.7. The number of aliphatic imine (C=N–C) groups is 1. The molecular formula is C11H11N5O2. The summed E-state index contributed by atoms with van der Waals surface area (Å²) >= 11 is 0. The second-order valence-corrected chi connectivity index (χ2v) is 3.37.